The third kappa shape index (κ3) is 4.26. The summed E-state index contributed by atoms with van der Waals surface area (Å²) in [6.07, 6.45) is 3.85. The third-order valence-corrected chi connectivity index (χ3v) is 4.38. The molecule has 0 saturated carbocycles. The predicted molar refractivity (Wildman–Crippen MR) is 96.9 cm³/mol. The van der Waals surface area contributed by atoms with Crippen LogP contribution in [-0.2, 0) is 11.2 Å². The molecule has 2 aromatic rings. The summed E-state index contributed by atoms with van der Waals surface area (Å²) in [5.74, 6) is 1.92. The van der Waals surface area contributed by atoms with Crippen molar-refractivity contribution in [3.8, 4) is 5.75 Å². The molecule has 1 aromatic carbocycles. The predicted octanol–water partition coefficient (Wildman–Crippen LogP) is 2.08. The van der Waals surface area contributed by atoms with Crippen molar-refractivity contribution in [1.29, 1.82) is 0 Å². The number of ether oxygens (including phenoxy) is 1. The zero-order chi connectivity index (χ0) is 17.6. The van der Waals surface area contributed by atoms with Crippen molar-refractivity contribution in [2.24, 2.45) is 0 Å². The van der Waals surface area contributed by atoms with E-state index in [0.29, 0.717) is 26.1 Å². The van der Waals surface area contributed by atoms with Crippen LogP contribution in [0.15, 0.2) is 36.7 Å². The van der Waals surface area contributed by atoms with Gasteiger partial charge in [0.15, 0.2) is 0 Å². The lowest BCUT2D eigenvalue weighted by atomic mass is 10.1. The number of carbonyl (C=O) groups excluding carboxylic acids is 1. The van der Waals surface area contributed by atoms with Crippen LogP contribution >= 0.6 is 0 Å². The number of aryl methyl sites for hydroxylation is 1. The molecule has 0 N–H and O–H groups in total. The summed E-state index contributed by atoms with van der Waals surface area (Å²) in [4.78, 5) is 25.4. The number of anilines is 1. The van der Waals surface area contributed by atoms with Gasteiger partial charge in [0.2, 0.25) is 5.91 Å². The number of carbonyl (C=O) groups is 1. The SMILES string of the molecule is CCOc1ccc(CC(=O)N2CCN(c3nccnc3C)CC2)cc1. The van der Waals surface area contributed by atoms with Crippen LogP contribution in [0.3, 0.4) is 0 Å². The normalized spacial score (nSPS) is 14.5. The van der Waals surface area contributed by atoms with Gasteiger partial charge >= 0.3 is 0 Å². The molecule has 2 heterocycles. The zero-order valence-corrected chi connectivity index (χ0v) is 14.8. The van der Waals surface area contributed by atoms with Crippen molar-refractivity contribution in [3.05, 3.63) is 47.9 Å². The van der Waals surface area contributed by atoms with Crippen LogP contribution < -0.4 is 9.64 Å². The maximum absolute atomic E-state index is 12.5. The van der Waals surface area contributed by atoms with E-state index in [2.05, 4.69) is 14.9 Å². The van der Waals surface area contributed by atoms with E-state index in [9.17, 15) is 4.79 Å². The Bertz CT molecular complexity index is 710. The maximum atomic E-state index is 12.5. The fourth-order valence-corrected chi connectivity index (χ4v) is 3.03. The van der Waals surface area contributed by atoms with E-state index in [1.54, 1.807) is 12.4 Å². The van der Waals surface area contributed by atoms with Crippen LogP contribution in [0.2, 0.25) is 0 Å². The Labute approximate surface area is 148 Å². The van der Waals surface area contributed by atoms with Gasteiger partial charge in [-0.25, -0.2) is 4.98 Å². The van der Waals surface area contributed by atoms with E-state index in [-0.39, 0.29) is 5.91 Å². The molecule has 0 radical (unpaired) electrons. The number of rotatable bonds is 5. The molecule has 6 heteroatoms. The number of benzene rings is 1. The average Bonchev–Trinajstić information content (AvgIpc) is 2.64. The summed E-state index contributed by atoms with van der Waals surface area (Å²) in [7, 11) is 0. The highest BCUT2D eigenvalue weighted by molar-refractivity contribution is 5.79. The number of nitrogens with zero attached hydrogens (tertiary/aromatic N) is 4. The highest BCUT2D eigenvalue weighted by Gasteiger charge is 2.22. The Morgan fingerprint density at radius 2 is 1.76 bits per heavy atom. The van der Waals surface area contributed by atoms with Crippen LogP contribution in [0.4, 0.5) is 5.82 Å². The number of piperazine rings is 1. The van der Waals surface area contributed by atoms with Gasteiger partial charge in [-0.2, -0.15) is 0 Å². The Morgan fingerprint density at radius 3 is 2.40 bits per heavy atom. The second kappa shape index (κ2) is 7.96. The second-order valence-electron chi connectivity index (χ2n) is 6.09. The molecule has 132 valence electrons. The first-order valence-corrected chi connectivity index (χ1v) is 8.69. The summed E-state index contributed by atoms with van der Waals surface area (Å²) in [6, 6.07) is 7.76. The van der Waals surface area contributed by atoms with Crippen LogP contribution in [-0.4, -0.2) is 53.6 Å². The second-order valence-corrected chi connectivity index (χ2v) is 6.09. The molecule has 1 saturated heterocycles. The van der Waals surface area contributed by atoms with E-state index < -0.39 is 0 Å². The largest absolute Gasteiger partial charge is 0.494 e. The molecular weight excluding hydrogens is 316 g/mol. The van der Waals surface area contributed by atoms with Gasteiger partial charge in [-0.3, -0.25) is 9.78 Å². The molecule has 0 aliphatic carbocycles. The zero-order valence-electron chi connectivity index (χ0n) is 14.8. The molecule has 25 heavy (non-hydrogen) atoms. The van der Waals surface area contributed by atoms with E-state index >= 15 is 0 Å². The first-order valence-electron chi connectivity index (χ1n) is 8.69. The highest BCUT2D eigenvalue weighted by atomic mass is 16.5. The summed E-state index contributed by atoms with van der Waals surface area (Å²) in [5.41, 5.74) is 1.94. The first kappa shape index (κ1) is 17.2. The van der Waals surface area contributed by atoms with Crippen molar-refractivity contribution in [3.63, 3.8) is 0 Å². The quantitative estimate of drug-likeness (QED) is 0.834. The average molecular weight is 340 g/mol. The topological polar surface area (TPSA) is 58.6 Å². The Balaban J connectivity index is 1.54. The van der Waals surface area contributed by atoms with Crippen molar-refractivity contribution in [2.75, 3.05) is 37.7 Å². The standard InChI is InChI=1S/C19H24N4O2/c1-3-25-17-6-4-16(5-7-17)14-18(24)22-10-12-23(13-11-22)19-15(2)20-8-9-21-19/h4-9H,3,10-14H2,1-2H3. The minimum atomic E-state index is 0.166. The van der Waals surface area contributed by atoms with Crippen LogP contribution in [0.25, 0.3) is 0 Å². The van der Waals surface area contributed by atoms with E-state index in [1.165, 1.54) is 0 Å². The molecule has 0 spiro atoms. The molecule has 1 aliphatic rings. The first-order chi connectivity index (χ1) is 12.2. The highest BCUT2D eigenvalue weighted by Crippen LogP contribution is 2.17. The van der Waals surface area contributed by atoms with E-state index in [0.717, 1.165) is 35.9 Å². The van der Waals surface area contributed by atoms with Gasteiger partial charge in [-0.15, -0.1) is 0 Å². The lowest BCUT2D eigenvalue weighted by Crippen LogP contribution is -2.49. The minimum absolute atomic E-state index is 0.166. The van der Waals surface area contributed by atoms with Gasteiger partial charge in [0, 0.05) is 38.6 Å². The van der Waals surface area contributed by atoms with Crippen LogP contribution in [0, 0.1) is 6.92 Å². The van der Waals surface area contributed by atoms with Crippen molar-refractivity contribution in [2.45, 2.75) is 20.3 Å². The van der Waals surface area contributed by atoms with Crippen molar-refractivity contribution >= 4 is 11.7 Å². The fraction of sp³-hybridized carbons (Fsp3) is 0.421. The molecular formula is C19H24N4O2. The fourth-order valence-electron chi connectivity index (χ4n) is 3.03. The number of aromatic nitrogens is 2. The van der Waals surface area contributed by atoms with Gasteiger partial charge in [-0.1, -0.05) is 12.1 Å². The molecule has 0 unspecified atom stereocenters. The molecule has 0 atom stereocenters. The van der Waals surface area contributed by atoms with E-state index in [1.807, 2.05) is 43.0 Å². The third-order valence-electron chi connectivity index (χ3n) is 4.38. The lowest BCUT2D eigenvalue weighted by molar-refractivity contribution is -0.130. The van der Waals surface area contributed by atoms with Gasteiger partial charge in [-0.05, 0) is 31.5 Å². The lowest BCUT2D eigenvalue weighted by Gasteiger charge is -2.35. The van der Waals surface area contributed by atoms with Gasteiger partial charge in [0.05, 0.1) is 18.7 Å². The monoisotopic (exact) mass is 340 g/mol. The molecule has 1 aliphatic heterocycles. The van der Waals surface area contributed by atoms with Crippen molar-refractivity contribution in [1.82, 2.24) is 14.9 Å². The number of hydrogen-bond acceptors (Lipinski definition) is 5. The molecule has 0 bridgehead atoms. The number of amides is 1. The summed E-state index contributed by atoms with van der Waals surface area (Å²) in [6.45, 7) is 7.57. The van der Waals surface area contributed by atoms with Crippen molar-refractivity contribution < 1.29 is 9.53 Å². The van der Waals surface area contributed by atoms with Gasteiger partial charge < -0.3 is 14.5 Å². The molecule has 1 fully saturated rings. The Morgan fingerprint density at radius 1 is 1.08 bits per heavy atom. The molecule has 1 amide bonds. The Hall–Kier alpha value is -2.63. The summed E-state index contributed by atoms with van der Waals surface area (Å²) in [5, 5.41) is 0. The Kier molecular flexibility index (Phi) is 5.48. The maximum Gasteiger partial charge on any atom is 0.227 e. The summed E-state index contributed by atoms with van der Waals surface area (Å²) < 4.78 is 5.43. The minimum Gasteiger partial charge on any atom is -0.494 e. The smallest absolute Gasteiger partial charge is 0.227 e. The number of hydrogen-bond donors (Lipinski definition) is 0. The molecule has 1 aromatic heterocycles. The van der Waals surface area contributed by atoms with E-state index in [4.69, 9.17) is 4.74 Å². The van der Waals surface area contributed by atoms with Gasteiger partial charge in [0.1, 0.15) is 11.6 Å². The molecule has 3 rings (SSSR count). The summed E-state index contributed by atoms with van der Waals surface area (Å²) >= 11 is 0. The van der Waals surface area contributed by atoms with Crippen LogP contribution in [0.1, 0.15) is 18.2 Å². The van der Waals surface area contributed by atoms with Gasteiger partial charge in [0.25, 0.3) is 0 Å². The molecule has 6 nitrogen and oxygen atoms in total. The van der Waals surface area contributed by atoms with Crippen LogP contribution in [0.5, 0.6) is 5.75 Å².